The van der Waals surface area contributed by atoms with E-state index in [9.17, 15) is 0 Å². The van der Waals surface area contributed by atoms with Gasteiger partial charge in [-0.1, -0.05) is 18.5 Å². The Balaban J connectivity index is 2.54. The molecule has 0 radical (unpaired) electrons. The highest BCUT2D eigenvalue weighted by molar-refractivity contribution is 9.10. The van der Waals surface area contributed by atoms with E-state index < -0.39 is 0 Å². The van der Waals surface area contributed by atoms with Crippen molar-refractivity contribution in [2.45, 2.75) is 27.2 Å². The van der Waals surface area contributed by atoms with Gasteiger partial charge in [0, 0.05) is 20.6 Å². The Morgan fingerprint density at radius 1 is 1.35 bits per heavy atom. The van der Waals surface area contributed by atoms with Crippen molar-refractivity contribution in [1.82, 2.24) is 9.97 Å². The van der Waals surface area contributed by atoms with Crippen LogP contribution in [-0.4, -0.2) is 9.97 Å². The average Bonchev–Trinajstić information content (AvgIpc) is 2.59. The van der Waals surface area contributed by atoms with Crippen molar-refractivity contribution in [3.63, 3.8) is 0 Å². The van der Waals surface area contributed by atoms with Crippen LogP contribution in [-0.2, 0) is 6.42 Å². The second-order valence-electron chi connectivity index (χ2n) is 3.77. The topological polar surface area (TPSA) is 25.8 Å². The van der Waals surface area contributed by atoms with Gasteiger partial charge >= 0.3 is 0 Å². The maximum absolute atomic E-state index is 6.17. The van der Waals surface area contributed by atoms with Gasteiger partial charge in [0.2, 0.25) is 0 Å². The Bertz CT molecular complexity index is 523. The summed E-state index contributed by atoms with van der Waals surface area (Å²) >= 11 is 11.3. The van der Waals surface area contributed by atoms with Crippen LogP contribution in [0, 0.1) is 13.8 Å². The Hall–Kier alpha value is -0.450. The summed E-state index contributed by atoms with van der Waals surface area (Å²) in [6.07, 6.45) is 0.859. The van der Waals surface area contributed by atoms with Crippen LogP contribution in [0.2, 0.25) is 5.15 Å². The molecule has 17 heavy (non-hydrogen) atoms. The van der Waals surface area contributed by atoms with E-state index in [4.69, 9.17) is 11.6 Å². The number of rotatable bonds is 2. The Morgan fingerprint density at radius 2 is 2.06 bits per heavy atom. The molecule has 2 rings (SSSR count). The largest absolute Gasteiger partial charge is 0.232 e. The van der Waals surface area contributed by atoms with Crippen LogP contribution >= 0.6 is 38.9 Å². The molecule has 0 aliphatic heterocycles. The van der Waals surface area contributed by atoms with Crippen LogP contribution in [0.3, 0.4) is 0 Å². The summed E-state index contributed by atoms with van der Waals surface area (Å²) in [4.78, 5) is 11.2. The molecular formula is C12H12BrClN2S. The van der Waals surface area contributed by atoms with E-state index >= 15 is 0 Å². The quantitative estimate of drug-likeness (QED) is 0.739. The van der Waals surface area contributed by atoms with Gasteiger partial charge in [-0.25, -0.2) is 9.97 Å². The Labute approximate surface area is 118 Å². The van der Waals surface area contributed by atoms with Gasteiger partial charge in [-0.2, -0.15) is 0 Å². The Morgan fingerprint density at radius 3 is 2.53 bits per heavy atom. The minimum absolute atomic E-state index is 0.567. The lowest BCUT2D eigenvalue weighted by atomic mass is 10.2. The number of aromatic nitrogens is 2. The first-order chi connectivity index (χ1) is 8.02. The lowest BCUT2D eigenvalue weighted by molar-refractivity contribution is 1.00. The highest BCUT2D eigenvalue weighted by Gasteiger charge is 2.12. The van der Waals surface area contributed by atoms with Crippen molar-refractivity contribution in [1.29, 1.82) is 0 Å². The number of hydrogen-bond acceptors (Lipinski definition) is 3. The molecule has 0 unspecified atom stereocenters. The van der Waals surface area contributed by atoms with E-state index in [-0.39, 0.29) is 0 Å². The van der Waals surface area contributed by atoms with Gasteiger partial charge in [0.1, 0.15) is 5.15 Å². The van der Waals surface area contributed by atoms with E-state index in [1.165, 1.54) is 4.88 Å². The average molecular weight is 332 g/mol. The lowest BCUT2D eigenvalue weighted by Crippen LogP contribution is -1.98. The second kappa shape index (κ2) is 5.04. The molecule has 0 atom stereocenters. The van der Waals surface area contributed by atoms with Crippen molar-refractivity contribution in [2.75, 3.05) is 0 Å². The van der Waals surface area contributed by atoms with Crippen LogP contribution < -0.4 is 0 Å². The van der Waals surface area contributed by atoms with Crippen LogP contribution in [0.4, 0.5) is 0 Å². The molecule has 2 heterocycles. The van der Waals surface area contributed by atoms with Crippen LogP contribution in [0.1, 0.15) is 23.1 Å². The highest BCUT2D eigenvalue weighted by atomic mass is 79.9. The zero-order valence-electron chi connectivity index (χ0n) is 9.84. The first kappa shape index (κ1) is 13.0. The molecule has 0 saturated heterocycles. The van der Waals surface area contributed by atoms with Crippen molar-refractivity contribution < 1.29 is 0 Å². The molecule has 0 bridgehead atoms. The summed E-state index contributed by atoms with van der Waals surface area (Å²) < 4.78 is 1.09. The summed E-state index contributed by atoms with van der Waals surface area (Å²) in [5, 5.41) is 0.567. The van der Waals surface area contributed by atoms with E-state index in [2.05, 4.69) is 39.7 Å². The number of aryl methyl sites for hydroxylation is 2. The van der Waals surface area contributed by atoms with E-state index in [1.54, 1.807) is 11.3 Å². The molecule has 0 fully saturated rings. The third-order valence-corrected chi connectivity index (χ3v) is 5.04. The summed E-state index contributed by atoms with van der Waals surface area (Å²) in [6.45, 7) is 6.10. The van der Waals surface area contributed by atoms with Crippen molar-refractivity contribution >= 4 is 38.9 Å². The lowest BCUT2D eigenvalue weighted by Gasteiger charge is -2.06. The number of halogens is 2. The standard InChI is InChI=1S/C12H12BrClN2S/c1-4-8-6(2)15-12(16-11(8)14)10-5-9(13)7(3)17-10/h5H,4H2,1-3H3. The number of nitrogens with zero attached hydrogens (tertiary/aromatic N) is 2. The molecule has 0 aliphatic rings. The fourth-order valence-electron chi connectivity index (χ4n) is 1.64. The number of thiophene rings is 1. The third-order valence-electron chi connectivity index (χ3n) is 2.59. The van der Waals surface area contributed by atoms with Gasteiger partial charge in [0.15, 0.2) is 5.82 Å². The zero-order valence-corrected chi connectivity index (χ0v) is 13.0. The van der Waals surface area contributed by atoms with Gasteiger partial charge in [-0.15, -0.1) is 11.3 Å². The van der Waals surface area contributed by atoms with Crippen molar-refractivity contribution in [3.8, 4) is 10.7 Å². The molecular weight excluding hydrogens is 320 g/mol. The van der Waals surface area contributed by atoms with Crippen molar-refractivity contribution in [3.05, 3.63) is 31.8 Å². The molecule has 0 N–H and O–H groups in total. The molecule has 2 nitrogen and oxygen atoms in total. The zero-order chi connectivity index (χ0) is 12.6. The first-order valence-electron chi connectivity index (χ1n) is 5.32. The minimum Gasteiger partial charge on any atom is -0.232 e. The van der Waals surface area contributed by atoms with E-state index in [0.717, 1.165) is 27.0 Å². The Kier molecular flexibility index (Phi) is 3.85. The minimum atomic E-state index is 0.567. The van der Waals surface area contributed by atoms with Crippen LogP contribution in [0.25, 0.3) is 10.7 Å². The molecule has 0 amide bonds. The van der Waals surface area contributed by atoms with Gasteiger partial charge in [-0.3, -0.25) is 0 Å². The summed E-state index contributed by atoms with van der Waals surface area (Å²) in [6, 6.07) is 2.04. The normalized spacial score (nSPS) is 10.9. The second-order valence-corrected chi connectivity index (χ2v) is 6.24. The molecule has 0 aliphatic carbocycles. The van der Waals surface area contributed by atoms with Gasteiger partial charge in [0.25, 0.3) is 0 Å². The van der Waals surface area contributed by atoms with E-state index in [0.29, 0.717) is 11.0 Å². The number of hydrogen-bond donors (Lipinski definition) is 0. The molecule has 2 aromatic rings. The molecule has 0 saturated carbocycles. The van der Waals surface area contributed by atoms with Gasteiger partial charge < -0.3 is 0 Å². The monoisotopic (exact) mass is 330 g/mol. The summed E-state index contributed by atoms with van der Waals surface area (Å²) in [5.74, 6) is 0.712. The van der Waals surface area contributed by atoms with Crippen LogP contribution in [0.5, 0.6) is 0 Å². The molecule has 2 aromatic heterocycles. The smallest absolute Gasteiger partial charge is 0.171 e. The molecule has 0 aromatic carbocycles. The molecule has 0 spiro atoms. The predicted octanol–water partition coefficient (Wildman–Crippen LogP) is 4.80. The fraction of sp³-hybridized carbons (Fsp3) is 0.333. The van der Waals surface area contributed by atoms with Gasteiger partial charge in [0.05, 0.1) is 4.88 Å². The van der Waals surface area contributed by atoms with Crippen LogP contribution in [0.15, 0.2) is 10.5 Å². The van der Waals surface area contributed by atoms with E-state index in [1.807, 2.05) is 13.0 Å². The summed E-state index contributed by atoms with van der Waals surface area (Å²) in [5.41, 5.74) is 1.99. The first-order valence-corrected chi connectivity index (χ1v) is 7.31. The predicted molar refractivity (Wildman–Crippen MR) is 76.9 cm³/mol. The maximum atomic E-state index is 6.17. The highest BCUT2D eigenvalue weighted by Crippen LogP contribution is 2.33. The molecule has 90 valence electrons. The fourth-order valence-corrected chi connectivity index (χ4v) is 3.46. The van der Waals surface area contributed by atoms with Crippen molar-refractivity contribution in [2.24, 2.45) is 0 Å². The summed E-state index contributed by atoms with van der Waals surface area (Å²) in [7, 11) is 0. The van der Waals surface area contributed by atoms with Gasteiger partial charge in [-0.05, 0) is 42.3 Å². The SMILES string of the molecule is CCc1c(C)nc(-c2cc(Br)c(C)s2)nc1Cl. The molecule has 5 heteroatoms. The third kappa shape index (κ3) is 2.54. The maximum Gasteiger partial charge on any atom is 0.171 e.